The summed E-state index contributed by atoms with van der Waals surface area (Å²) in [5.41, 5.74) is 0.491. The molecule has 4 nitrogen and oxygen atoms in total. The zero-order valence-electron chi connectivity index (χ0n) is 10.1. The van der Waals surface area contributed by atoms with Gasteiger partial charge >= 0.3 is 0 Å². The second-order valence-electron chi connectivity index (χ2n) is 4.33. The van der Waals surface area contributed by atoms with Gasteiger partial charge in [0.2, 0.25) is 5.91 Å². The van der Waals surface area contributed by atoms with Gasteiger partial charge in [0.25, 0.3) is 0 Å². The van der Waals surface area contributed by atoms with Crippen molar-refractivity contribution in [3.63, 3.8) is 0 Å². The summed E-state index contributed by atoms with van der Waals surface area (Å²) in [7, 11) is 0. The maximum atomic E-state index is 11.8. The molecule has 1 fully saturated rings. The highest BCUT2D eigenvalue weighted by Gasteiger charge is 2.18. The molecular weight excluding hydrogens is 311 g/mol. The lowest BCUT2D eigenvalue weighted by Gasteiger charge is -2.11. The van der Waals surface area contributed by atoms with Crippen LogP contribution in [-0.4, -0.2) is 23.6 Å². The maximum absolute atomic E-state index is 11.8. The summed E-state index contributed by atoms with van der Waals surface area (Å²) in [5.74, 6) is -0.263. The highest BCUT2D eigenvalue weighted by molar-refractivity contribution is 6.37. The molecule has 0 bridgehead atoms. The zero-order chi connectivity index (χ0) is 13.1. The zero-order valence-corrected chi connectivity index (χ0v) is 12.4. The monoisotopic (exact) mass is 324 g/mol. The molecule has 1 saturated heterocycles. The second kappa shape index (κ2) is 7.20. The number of phenolic OH excluding ortho intramolecular Hbond substituents is 1. The molecule has 0 radical (unpaired) electrons. The quantitative estimate of drug-likeness (QED) is 0.748. The van der Waals surface area contributed by atoms with E-state index in [-0.39, 0.29) is 40.2 Å². The van der Waals surface area contributed by atoms with Gasteiger partial charge in [-0.15, -0.1) is 12.4 Å². The Morgan fingerprint density at radius 3 is 2.58 bits per heavy atom. The van der Waals surface area contributed by atoms with Crippen molar-refractivity contribution in [2.24, 2.45) is 0 Å². The molecule has 0 spiro atoms. The molecule has 7 heteroatoms. The van der Waals surface area contributed by atoms with E-state index < -0.39 is 0 Å². The Labute approximate surface area is 127 Å². The molecule has 1 aliphatic rings. The maximum Gasteiger partial charge on any atom is 0.225 e. The first-order valence-electron chi connectivity index (χ1n) is 5.77. The molecular formula is C12H15Cl3N2O2. The number of aromatic hydroxyl groups is 1. The molecule has 3 N–H and O–H groups in total. The highest BCUT2D eigenvalue weighted by atomic mass is 35.5. The Morgan fingerprint density at radius 1 is 1.42 bits per heavy atom. The van der Waals surface area contributed by atoms with E-state index in [1.54, 1.807) is 0 Å². The van der Waals surface area contributed by atoms with Gasteiger partial charge in [-0.2, -0.15) is 0 Å². The first-order chi connectivity index (χ1) is 8.56. The van der Waals surface area contributed by atoms with Crippen LogP contribution in [-0.2, 0) is 4.79 Å². The van der Waals surface area contributed by atoms with Crippen molar-refractivity contribution in [2.75, 3.05) is 11.9 Å². The summed E-state index contributed by atoms with van der Waals surface area (Å²) in [6, 6.07) is 3.19. The molecule has 1 atom stereocenters. The minimum atomic E-state index is -0.172. The van der Waals surface area contributed by atoms with Crippen LogP contribution in [0.3, 0.4) is 0 Å². The first kappa shape index (κ1) is 16.4. The molecule has 1 amide bonds. The van der Waals surface area contributed by atoms with Crippen LogP contribution < -0.4 is 10.6 Å². The van der Waals surface area contributed by atoms with Gasteiger partial charge in [0.1, 0.15) is 0 Å². The Morgan fingerprint density at radius 2 is 2.05 bits per heavy atom. The van der Waals surface area contributed by atoms with Crippen LogP contribution in [0, 0.1) is 0 Å². The van der Waals surface area contributed by atoms with E-state index in [1.165, 1.54) is 12.1 Å². The molecule has 106 valence electrons. The number of benzene rings is 1. The van der Waals surface area contributed by atoms with E-state index >= 15 is 0 Å². The average molecular weight is 326 g/mol. The highest BCUT2D eigenvalue weighted by Crippen LogP contribution is 2.34. The Bertz CT molecular complexity index is 439. The SMILES string of the molecule is Cl.O=C(CC1CCCN1)Nc1cc(Cl)c(O)c(Cl)c1. The van der Waals surface area contributed by atoms with Gasteiger partial charge in [-0.05, 0) is 31.5 Å². The minimum Gasteiger partial charge on any atom is -0.505 e. The number of amides is 1. The van der Waals surface area contributed by atoms with Crippen molar-refractivity contribution in [2.45, 2.75) is 25.3 Å². The number of phenols is 1. The van der Waals surface area contributed by atoms with Crippen molar-refractivity contribution < 1.29 is 9.90 Å². The van der Waals surface area contributed by atoms with Gasteiger partial charge in [-0.3, -0.25) is 4.79 Å². The fourth-order valence-corrected chi connectivity index (χ4v) is 2.49. The summed E-state index contributed by atoms with van der Waals surface area (Å²) in [6.45, 7) is 0.967. The lowest BCUT2D eigenvalue weighted by atomic mass is 10.1. The van der Waals surface area contributed by atoms with Crippen LogP contribution in [0.15, 0.2) is 12.1 Å². The number of halogens is 3. The van der Waals surface area contributed by atoms with Gasteiger partial charge in [-0.1, -0.05) is 23.2 Å². The summed E-state index contributed by atoms with van der Waals surface area (Å²) in [5, 5.41) is 15.6. The van der Waals surface area contributed by atoms with Crippen LogP contribution in [0.5, 0.6) is 5.75 Å². The molecule has 1 heterocycles. The number of carbonyl (C=O) groups is 1. The van der Waals surface area contributed by atoms with E-state index in [0.717, 1.165) is 19.4 Å². The van der Waals surface area contributed by atoms with E-state index in [4.69, 9.17) is 23.2 Å². The summed E-state index contributed by atoms with van der Waals surface area (Å²) >= 11 is 11.5. The lowest BCUT2D eigenvalue weighted by molar-refractivity contribution is -0.116. The number of hydrogen-bond acceptors (Lipinski definition) is 3. The third-order valence-electron chi connectivity index (χ3n) is 2.89. The Kier molecular flexibility index (Phi) is 6.20. The molecule has 0 saturated carbocycles. The molecule has 19 heavy (non-hydrogen) atoms. The normalized spacial score (nSPS) is 17.9. The minimum absolute atomic E-state index is 0. The van der Waals surface area contributed by atoms with Crippen LogP contribution in [0.4, 0.5) is 5.69 Å². The average Bonchev–Trinajstić information content (AvgIpc) is 2.78. The molecule has 0 aliphatic carbocycles. The second-order valence-corrected chi connectivity index (χ2v) is 5.15. The number of carbonyl (C=O) groups excluding carboxylic acids is 1. The fourth-order valence-electron chi connectivity index (χ4n) is 2.00. The topological polar surface area (TPSA) is 61.4 Å². The summed E-state index contributed by atoms with van der Waals surface area (Å²) < 4.78 is 0. The third-order valence-corrected chi connectivity index (χ3v) is 3.47. The van der Waals surface area contributed by atoms with E-state index in [0.29, 0.717) is 12.1 Å². The van der Waals surface area contributed by atoms with Crippen molar-refractivity contribution in [1.82, 2.24) is 5.32 Å². The molecule has 1 aliphatic heterocycles. The number of rotatable bonds is 3. The molecule has 1 aromatic carbocycles. The molecule has 1 unspecified atom stereocenters. The largest absolute Gasteiger partial charge is 0.505 e. The van der Waals surface area contributed by atoms with Gasteiger partial charge in [0.05, 0.1) is 10.0 Å². The van der Waals surface area contributed by atoms with Crippen molar-refractivity contribution in [3.05, 3.63) is 22.2 Å². The predicted octanol–water partition coefficient (Wildman–Crippen LogP) is 3.20. The fraction of sp³-hybridized carbons (Fsp3) is 0.417. The Balaban J connectivity index is 0.00000180. The predicted molar refractivity (Wildman–Crippen MR) is 79.6 cm³/mol. The number of anilines is 1. The van der Waals surface area contributed by atoms with Crippen molar-refractivity contribution >= 4 is 47.2 Å². The van der Waals surface area contributed by atoms with Crippen LogP contribution in [0.25, 0.3) is 0 Å². The van der Waals surface area contributed by atoms with Crippen molar-refractivity contribution in [3.8, 4) is 5.75 Å². The van der Waals surface area contributed by atoms with E-state index in [9.17, 15) is 9.90 Å². The van der Waals surface area contributed by atoms with Crippen molar-refractivity contribution in [1.29, 1.82) is 0 Å². The van der Waals surface area contributed by atoms with Gasteiger partial charge < -0.3 is 15.7 Å². The first-order valence-corrected chi connectivity index (χ1v) is 6.53. The number of hydrogen-bond donors (Lipinski definition) is 3. The Hall–Kier alpha value is -0.680. The van der Waals surface area contributed by atoms with Crippen LogP contribution in [0.2, 0.25) is 10.0 Å². The van der Waals surface area contributed by atoms with Gasteiger partial charge in [-0.25, -0.2) is 0 Å². The van der Waals surface area contributed by atoms with Crippen LogP contribution >= 0.6 is 35.6 Å². The van der Waals surface area contributed by atoms with Crippen LogP contribution in [0.1, 0.15) is 19.3 Å². The molecule has 0 aromatic heterocycles. The summed E-state index contributed by atoms with van der Waals surface area (Å²) in [6.07, 6.45) is 2.55. The third kappa shape index (κ3) is 4.42. The summed E-state index contributed by atoms with van der Waals surface area (Å²) in [4.78, 5) is 11.8. The number of nitrogens with one attached hydrogen (secondary N) is 2. The van der Waals surface area contributed by atoms with E-state index in [1.807, 2.05) is 0 Å². The smallest absolute Gasteiger partial charge is 0.225 e. The molecule has 1 aromatic rings. The van der Waals surface area contributed by atoms with Gasteiger partial charge in [0, 0.05) is 18.2 Å². The standard InChI is InChI=1S/C12H14Cl2N2O2.ClH/c13-9-4-8(5-10(14)12(9)18)16-11(17)6-7-2-1-3-15-7;/h4-5,7,15,18H,1-3,6H2,(H,16,17);1H. The lowest BCUT2D eigenvalue weighted by Crippen LogP contribution is -2.27. The van der Waals surface area contributed by atoms with E-state index in [2.05, 4.69) is 10.6 Å². The molecule has 2 rings (SSSR count). The van der Waals surface area contributed by atoms with Gasteiger partial charge in [0.15, 0.2) is 5.75 Å².